The molecule has 0 aromatic rings. The molecule has 1 rings (SSSR count). The van der Waals surface area contributed by atoms with Crippen molar-refractivity contribution in [3.8, 4) is 0 Å². The molecule has 0 bridgehead atoms. The van der Waals surface area contributed by atoms with Gasteiger partial charge in [-0.15, -0.1) is 0 Å². The van der Waals surface area contributed by atoms with Crippen molar-refractivity contribution in [3.05, 3.63) is 0 Å². The highest BCUT2D eigenvalue weighted by Crippen LogP contribution is 2.27. The standard InChI is InChI=1S/C14H26N2O3/c1-10(2)11(9-12(17)18)15-13(19)16-14(3)7-5-4-6-8-14/h10-11H,4-9H2,1-3H3,(H,17,18)(H2,15,16,19). The second-order valence-corrected chi connectivity index (χ2v) is 6.17. The van der Waals surface area contributed by atoms with E-state index >= 15 is 0 Å². The number of amides is 2. The third-order valence-corrected chi connectivity index (χ3v) is 3.89. The highest BCUT2D eigenvalue weighted by atomic mass is 16.4. The monoisotopic (exact) mass is 270 g/mol. The van der Waals surface area contributed by atoms with Crippen LogP contribution in [0.15, 0.2) is 0 Å². The number of hydrogen-bond acceptors (Lipinski definition) is 2. The third kappa shape index (κ3) is 5.49. The molecule has 3 N–H and O–H groups in total. The van der Waals surface area contributed by atoms with Gasteiger partial charge in [0.2, 0.25) is 0 Å². The van der Waals surface area contributed by atoms with E-state index in [9.17, 15) is 9.59 Å². The Balaban J connectivity index is 2.49. The summed E-state index contributed by atoms with van der Waals surface area (Å²) >= 11 is 0. The molecule has 0 radical (unpaired) electrons. The molecule has 0 aliphatic heterocycles. The first-order chi connectivity index (χ1) is 8.82. The van der Waals surface area contributed by atoms with E-state index in [1.54, 1.807) is 0 Å². The van der Waals surface area contributed by atoms with Crippen LogP contribution in [-0.4, -0.2) is 28.7 Å². The third-order valence-electron chi connectivity index (χ3n) is 3.89. The van der Waals surface area contributed by atoms with Gasteiger partial charge in [0.1, 0.15) is 0 Å². The molecule has 1 fully saturated rings. The molecule has 1 saturated carbocycles. The summed E-state index contributed by atoms with van der Waals surface area (Å²) in [5, 5.41) is 14.6. The van der Waals surface area contributed by atoms with Gasteiger partial charge in [-0.1, -0.05) is 33.1 Å². The largest absolute Gasteiger partial charge is 0.481 e. The number of carboxylic acids is 1. The van der Waals surface area contributed by atoms with Crippen LogP contribution in [0.4, 0.5) is 4.79 Å². The molecule has 0 aromatic heterocycles. The molecule has 1 aliphatic rings. The molecule has 1 aliphatic carbocycles. The van der Waals surface area contributed by atoms with Crippen molar-refractivity contribution in [1.82, 2.24) is 10.6 Å². The molecule has 1 unspecified atom stereocenters. The summed E-state index contributed by atoms with van der Waals surface area (Å²) in [6, 6.07) is -0.575. The molecule has 0 heterocycles. The number of carboxylic acid groups (broad SMARTS) is 1. The average Bonchev–Trinajstić information content (AvgIpc) is 2.27. The maximum atomic E-state index is 12.0. The molecular weight excluding hydrogens is 244 g/mol. The Morgan fingerprint density at radius 1 is 1.21 bits per heavy atom. The minimum absolute atomic E-state index is 0.0399. The van der Waals surface area contributed by atoms with E-state index in [4.69, 9.17) is 5.11 Å². The maximum Gasteiger partial charge on any atom is 0.315 e. The van der Waals surface area contributed by atoms with Crippen LogP contribution < -0.4 is 10.6 Å². The molecule has 5 nitrogen and oxygen atoms in total. The van der Waals surface area contributed by atoms with Gasteiger partial charge in [0.05, 0.1) is 6.42 Å². The molecule has 5 heteroatoms. The van der Waals surface area contributed by atoms with Crippen LogP contribution in [-0.2, 0) is 4.79 Å². The normalized spacial score (nSPS) is 19.8. The lowest BCUT2D eigenvalue weighted by Gasteiger charge is -2.35. The van der Waals surface area contributed by atoms with Crippen molar-refractivity contribution in [3.63, 3.8) is 0 Å². The van der Waals surface area contributed by atoms with Crippen LogP contribution in [0.3, 0.4) is 0 Å². The summed E-state index contributed by atoms with van der Waals surface area (Å²) in [5.74, 6) is -0.788. The Kier molecular flexibility index (Phi) is 5.63. The molecule has 19 heavy (non-hydrogen) atoms. The minimum atomic E-state index is -0.886. The number of urea groups is 1. The van der Waals surface area contributed by atoms with Crippen LogP contribution in [0, 0.1) is 5.92 Å². The lowest BCUT2D eigenvalue weighted by atomic mass is 9.83. The highest BCUT2D eigenvalue weighted by Gasteiger charge is 2.29. The Hall–Kier alpha value is -1.26. The first-order valence-corrected chi connectivity index (χ1v) is 7.13. The van der Waals surface area contributed by atoms with Crippen molar-refractivity contribution < 1.29 is 14.7 Å². The summed E-state index contributed by atoms with van der Waals surface area (Å²) in [6.07, 6.45) is 5.45. The van der Waals surface area contributed by atoms with Crippen LogP contribution in [0.25, 0.3) is 0 Å². The quantitative estimate of drug-likeness (QED) is 0.718. The second-order valence-electron chi connectivity index (χ2n) is 6.17. The molecular formula is C14H26N2O3. The first kappa shape index (κ1) is 15.8. The molecule has 0 spiro atoms. The van der Waals surface area contributed by atoms with Crippen LogP contribution in [0.5, 0.6) is 0 Å². The maximum absolute atomic E-state index is 12.0. The van der Waals surface area contributed by atoms with Crippen molar-refractivity contribution >= 4 is 12.0 Å². The second kappa shape index (κ2) is 6.78. The van der Waals surface area contributed by atoms with Crippen LogP contribution >= 0.6 is 0 Å². The zero-order chi connectivity index (χ0) is 14.5. The topological polar surface area (TPSA) is 78.4 Å². The van der Waals surface area contributed by atoms with E-state index in [0.717, 1.165) is 25.7 Å². The molecule has 2 amide bonds. The Morgan fingerprint density at radius 3 is 2.26 bits per heavy atom. The van der Waals surface area contributed by atoms with E-state index in [-0.39, 0.29) is 30.0 Å². The van der Waals surface area contributed by atoms with Crippen LogP contribution in [0.2, 0.25) is 0 Å². The molecule has 110 valence electrons. The summed E-state index contributed by atoms with van der Waals surface area (Å²) in [4.78, 5) is 22.8. The van der Waals surface area contributed by atoms with E-state index < -0.39 is 5.97 Å². The lowest BCUT2D eigenvalue weighted by molar-refractivity contribution is -0.137. The minimum Gasteiger partial charge on any atom is -0.481 e. The lowest BCUT2D eigenvalue weighted by Crippen LogP contribution is -2.54. The van der Waals surface area contributed by atoms with Gasteiger partial charge in [-0.2, -0.15) is 0 Å². The number of aliphatic carboxylic acids is 1. The summed E-state index contributed by atoms with van der Waals surface area (Å²) < 4.78 is 0. The number of rotatable bonds is 5. The fourth-order valence-electron chi connectivity index (χ4n) is 2.58. The van der Waals surface area contributed by atoms with Gasteiger partial charge in [-0.05, 0) is 25.7 Å². The number of carbonyl (C=O) groups is 2. The van der Waals surface area contributed by atoms with Crippen molar-refractivity contribution in [2.75, 3.05) is 0 Å². The van der Waals surface area contributed by atoms with Gasteiger partial charge >= 0.3 is 12.0 Å². The first-order valence-electron chi connectivity index (χ1n) is 7.13. The fraction of sp³-hybridized carbons (Fsp3) is 0.857. The Labute approximate surface area is 115 Å². The van der Waals surface area contributed by atoms with E-state index in [1.807, 2.05) is 13.8 Å². The number of hydrogen-bond donors (Lipinski definition) is 3. The Morgan fingerprint density at radius 2 is 1.79 bits per heavy atom. The van der Waals surface area contributed by atoms with Gasteiger partial charge in [-0.25, -0.2) is 4.79 Å². The molecule has 1 atom stereocenters. The number of carbonyl (C=O) groups excluding carboxylic acids is 1. The summed E-state index contributed by atoms with van der Waals surface area (Å²) in [6.45, 7) is 5.89. The van der Waals surface area contributed by atoms with Crippen LogP contribution in [0.1, 0.15) is 59.3 Å². The predicted octanol–water partition coefficient (Wildman–Crippen LogP) is 2.51. The average molecular weight is 270 g/mol. The van der Waals surface area contributed by atoms with Gasteiger partial charge in [0, 0.05) is 11.6 Å². The highest BCUT2D eigenvalue weighted by molar-refractivity contribution is 5.76. The predicted molar refractivity (Wildman–Crippen MR) is 74.0 cm³/mol. The Bertz CT molecular complexity index is 323. The van der Waals surface area contributed by atoms with Gasteiger partial charge in [0.25, 0.3) is 0 Å². The number of nitrogens with one attached hydrogen (secondary N) is 2. The molecule has 0 saturated heterocycles. The van der Waals surface area contributed by atoms with Gasteiger partial charge < -0.3 is 15.7 Å². The fourth-order valence-corrected chi connectivity index (χ4v) is 2.58. The zero-order valence-corrected chi connectivity index (χ0v) is 12.2. The van der Waals surface area contributed by atoms with Gasteiger partial charge in [0.15, 0.2) is 0 Å². The van der Waals surface area contributed by atoms with Crippen molar-refractivity contribution in [2.45, 2.75) is 70.9 Å². The van der Waals surface area contributed by atoms with E-state index in [2.05, 4.69) is 17.6 Å². The van der Waals surface area contributed by atoms with Gasteiger partial charge in [-0.3, -0.25) is 4.79 Å². The van der Waals surface area contributed by atoms with E-state index in [0.29, 0.717) is 0 Å². The zero-order valence-electron chi connectivity index (χ0n) is 12.2. The summed E-state index contributed by atoms with van der Waals surface area (Å²) in [7, 11) is 0. The van der Waals surface area contributed by atoms with Crippen molar-refractivity contribution in [2.24, 2.45) is 5.92 Å². The summed E-state index contributed by atoms with van der Waals surface area (Å²) in [5.41, 5.74) is -0.146. The smallest absolute Gasteiger partial charge is 0.315 e. The van der Waals surface area contributed by atoms with E-state index in [1.165, 1.54) is 6.42 Å². The molecule has 0 aromatic carbocycles. The SMILES string of the molecule is CC(C)C(CC(=O)O)NC(=O)NC1(C)CCCCC1. The van der Waals surface area contributed by atoms with Crippen molar-refractivity contribution in [1.29, 1.82) is 0 Å².